The minimum Gasteiger partial charge on any atom is -0.394 e. The lowest BCUT2D eigenvalue weighted by Crippen LogP contribution is -2.30. The molecule has 3 fully saturated rings. The number of fused-ring (bicyclic) bond motifs is 3. The Kier molecular flexibility index (Phi) is 6.12. The van der Waals surface area contributed by atoms with Gasteiger partial charge in [0, 0.05) is 17.9 Å². The van der Waals surface area contributed by atoms with Crippen molar-refractivity contribution in [1.82, 2.24) is 44.5 Å². The fourth-order valence-corrected chi connectivity index (χ4v) is 7.27. The molecule has 218 valence electrons. The van der Waals surface area contributed by atoms with E-state index in [1.54, 1.807) is 0 Å². The molecule has 8 N–H and O–H groups in total. The number of nitrogen functional groups attached to an aromatic ring is 2. The molecule has 19 nitrogen and oxygen atoms in total. The van der Waals surface area contributed by atoms with E-state index in [9.17, 15) is 19.9 Å². The quantitative estimate of drug-likeness (QED) is 0.117. The Bertz CT molecular complexity index is 1770. The Balaban J connectivity index is 1.08. The topological polar surface area (TPSA) is 269 Å². The van der Waals surface area contributed by atoms with Crippen LogP contribution in [0.5, 0.6) is 0 Å². The smallest absolute Gasteiger partial charge is 0.325 e. The average Bonchev–Trinajstić information content (AvgIpc) is 3.33. The first kappa shape index (κ1) is 26.7. The van der Waals surface area contributed by atoms with Gasteiger partial charge in [0.1, 0.15) is 18.0 Å². The van der Waals surface area contributed by atoms with Crippen LogP contribution in [0.25, 0.3) is 16.8 Å². The number of aromatic amines is 1. The van der Waals surface area contributed by atoms with Gasteiger partial charge in [0.2, 0.25) is 11.9 Å². The van der Waals surface area contributed by atoms with Crippen molar-refractivity contribution in [3.8, 4) is 0 Å². The normalized spacial score (nSPS) is 32.5. The predicted molar refractivity (Wildman–Crippen MR) is 139 cm³/mol. The Morgan fingerprint density at radius 3 is 2.90 bits per heavy atom. The maximum absolute atomic E-state index is 12.2. The Morgan fingerprint density at radius 1 is 1.27 bits per heavy atom. The van der Waals surface area contributed by atoms with Crippen LogP contribution in [0, 0.1) is 5.92 Å². The van der Waals surface area contributed by atoms with Crippen LogP contribution in [0.2, 0.25) is 0 Å². The van der Waals surface area contributed by atoms with Gasteiger partial charge in [0.25, 0.3) is 5.56 Å². The maximum Gasteiger partial charge on any atom is 0.325 e. The first-order valence-corrected chi connectivity index (χ1v) is 15.0. The summed E-state index contributed by atoms with van der Waals surface area (Å²) in [5.74, 6) is -0.371. The van der Waals surface area contributed by atoms with Crippen molar-refractivity contribution in [3.63, 3.8) is 0 Å². The molecule has 2 saturated heterocycles. The van der Waals surface area contributed by atoms with E-state index in [-0.39, 0.29) is 48.6 Å². The first-order valence-electron chi connectivity index (χ1n) is 12.4. The van der Waals surface area contributed by atoms with Crippen molar-refractivity contribution in [2.75, 3.05) is 24.7 Å². The van der Waals surface area contributed by atoms with Crippen LogP contribution in [0.3, 0.4) is 0 Å². The minimum atomic E-state index is -3.97. The van der Waals surface area contributed by atoms with E-state index in [2.05, 4.69) is 35.3 Å². The number of nitrogens with two attached hydrogens (primary N) is 2. The van der Waals surface area contributed by atoms with Crippen LogP contribution >= 0.6 is 6.72 Å². The number of hydrogen-bond donors (Lipinski definition) is 6. The third-order valence-corrected chi connectivity index (χ3v) is 9.13. The number of nitrogens with zero attached hydrogens (tertiary/aromatic N) is 8. The number of anilines is 2. The van der Waals surface area contributed by atoms with Crippen LogP contribution < -0.4 is 17.0 Å². The first-order chi connectivity index (χ1) is 19.6. The second kappa shape index (κ2) is 9.41. The van der Waals surface area contributed by atoms with Gasteiger partial charge in [-0.1, -0.05) is 5.21 Å². The summed E-state index contributed by atoms with van der Waals surface area (Å²) < 4.78 is 26.2. The van der Waals surface area contributed by atoms with E-state index < -0.39 is 48.5 Å². The summed E-state index contributed by atoms with van der Waals surface area (Å²) in [4.78, 5) is 37.8. The zero-order chi connectivity index (χ0) is 28.7. The van der Waals surface area contributed by atoms with Gasteiger partial charge in [0.15, 0.2) is 23.0 Å². The Morgan fingerprint density at radius 2 is 2.10 bits per heavy atom. The highest BCUT2D eigenvalue weighted by Crippen LogP contribution is 2.68. The molecule has 0 bridgehead atoms. The Labute approximate surface area is 233 Å². The number of aromatic nitrogens is 9. The zero-order valence-electron chi connectivity index (χ0n) is 20.9. The molecule has 41 heavy (non-hydrogen) atoms. The molecule has 0 spiro atoms. The summed E-state index contributed by atoms with van der Waals surface area (Å²) in [7, 11) is 0. The predicted octanol–water partition coefficient (Wildman–Crippen LogP) is -2.09. The summed E-state index contributed by atoms with van der Waals surface area (Å²) in [5, 5.41) is 32.5. The monoisotopic (exact) mass is 609 g/mol. The number of aliphatic hydroxyl groups excluding tert-OH is 2. The summed E-state index contributed by atoms with van der Waals surface area (Å²) in [6.07, 6.45) is -0.698. The van der Waals surface area contributed by atoms with Crippen molar-refractivity contribution in [1.29, 1.82) is 0 Å². The summed E-state index contributed by atoms with van der Waals surface area (Å²) in [5.41, 5.74) is 10.7. The number of hydrogen-bond acceptors (Lipinski definition) is 16. The van der Waals surface area contributed by atoms with Gasteiger partial charge >= 0.3 is 6.72 Å². The molecule has 0 radical (unpaired) electrons. The zero-order valence-corrected chi connectivity index (χ0v) is 22.6. The largest absolute Gasteiger partial charge is 0.394 e. The third kappa shape index (κ3) is 4.30. The highest BCUT2D eigenvalue weighted by molar-refractivity contribution is 8.07. The van der Waals surface area contributed by atoms with E-state index in [0.29, 0.717) is 17.6 Å². The van der Waals surface area contributed by atoms with Crippen molar-refractivity contribution < 1.29 is 33.6 Å². The van der Waals surface area contributed by atoms with Gasteiger partial charge in [-0.2, -0.15) is 19.3 Å². The molecule has 3 aliphatic rings. The molecule has 4 aromatic rings. The maximum atomic E-state index is 12.2. The van der Waals surface area contributed by atoms with E-state index in [1.165, 1.54) is 21.7 Å². The van der Waals surface area contributed by atoms with E-state index in [4.69, 9.17) is 41.8 Å². The molecule has 0 amide bonds. The van der Waals surface area contributed by atoms with Gasteiger partial charge in [-0.3, -0.25) is 14.3 Å². The standard InChI is InChI=1S/C20H24N11O8PS/c21-18-26-15-13(16(34)27-18)28-29-30(15)17-20(2-8(20)11(4-32)38-17)39-40(35,41)36-5-12-9(33)1-10(37-12)7-3-25-31-14(7)23-6-24-19(31)22/h3,6,8-12,17,32-33H,1-2,4-5H2,(H,35,41)(H2,22,23,24)(H3,21,26,27,34)/t8-,9-,10+,11+,12+,17+,20-,40?/m0/s1. The van der Waals surface area contributed by atoms with Crippen molar-refractivity contribution >= 4 is 47.2 Å². The van der Waals surface area contributed by atoms with Crippen LogP contribution in [0.4, 0.5) is 11.9 Å². The van der Waals surface area contributed by atoms with Gasteiger partial charge in [-0.25, -0.2) is 9.97 Å². The van der Waals surface area contributed by atoms with E-state index >= 15 is 0 Å². The highest BCUT2D eigenvalue weighted by atomic mass is 32.5. The molecule has 1 aliphatic carbocycles. The number of aliphatic hydroxyl groups is 2. The van der Waals surface area contributed by atoms with Crippen LogP contribution in [0.15, 0.2) is 17.3 Å². The molecule has 1 saturated carbocycles. The molecule has 0 aromatic carbocycles. The molecule has 21 heteroatoms. The van der Waals surface area contributed by atoms with Crippen LogP contribution in [0.1, 0.15) is 30.7 Å². The summed E-state index contributed by atoms with van der Waals surface area (Å²) in [6, 6.07) is 0. The summed E-state index contributed by atoms with van der Waals surface area (Å²) in [6.45, 7) is -4.59. The molecule has 1 unspecified atom stereocenters. The van der Waals surface area contributed by atoms with Crippen LogP contribution in [-0.2, 0) is 30.3 Å². The molecular formula is C20H24N11O8PS. The van der Waals surface area contributed by atoms with Gasteiger partial charge in [-0.15, -0.1) is 5.10 Å². The third-order valence-electron chi connectivity index (χ3n) is 7.55. The highest BCUT2D eigenvalue weighted by Gasteiger charge is 2.73. The van der Waals surface area contributed by atoms with Crippen molar-refractivity contribution in [2.24, 2.45) is 5.92 Å². The number of H-pyrrole nitrogens is 1. The SMILES string of the molecule is Nc1nc2c(nnn2[C@@H]2O[C@H](CO)[C@@H]3C[C@]32OP(O)(=S)OC[C@H]2O[C@@H](c3cnn4c(N)ncnc34)C[C@@H]2O)c(=O)[nH]1. The lowest BCUT2D eigenvalue weighted by Gasteiger charge is -2.28. The van der Waals surface area contributed by atoms with Gasteiger partial charge in [-0.05, 0) is 18.2 Å². The van der Waals surface area contributed by atoms with E-state index in [0.717, 1.165) is 0 Å². The molecule has 2 aliphatic heterocycles. The lowest BCUT2D eigenvalue weighted by molar-refractivity contribution is -0.0904. The fraction of sp³-hybridized carbons (Fsp3) is 0.550. The number of nitrogens with one attached hydrogen (secondary N) is 1. The van der Waals surface area contributed by atoms with Crippen molar-refractivity contribution in [2.45, 2.75) is 49.1 Å². The molecule has 7 rings (SSSR count). The lowest BCUT2D eigenvalue weighted by atomic mass is 10.1. The summed E-state index contributed by atoms with van der Waals surface area (Å²) >= 11 is 5.32. The minimum absolute atomic E-state index is 0.0314. The van der Waals surface area contributed by atoms with Crippen LogP contribution in [-0.4, -0.2) is 96.8 Å². The number of rotatable bonds is 8. The average molecular weight is 610 g/mol. The molecule has 6 heterocycles. The molecule has 4 aromatic heterocycles. The van der Waals surface area contributed by atoms with E-state index in [1.807, 2.05) is 0 Å². The van der Waals surface area contributed by atoms with Gasteiger partial charge in [0.05, 0.1) is 37.7 Å². The number of ether oxygens (including phenoxy) is 2. The van der Waals surface area contributed by atoms with Crippen molar-refractivity contribution in [3.05, 3.63) is 28.4 Å². The molecular weight excluding hydrogens is 585 g/mol. The fourth-order valence-electron chi connectivity index (χ4n) is 5.55. The second-order valence-corrected chi connectivity index (χ2v) is 12.8. The van der Waals surface area contributed by atoms with Gasteiger partial charge < -0.3 is 40.6 Å². The Hall–Kier alpha value is -3.20. The second-order valence-electron chi connectivity index (χ2n) is 10.0. The molecule has 8 atom stereocenters.